The van der Waals surface area contributed by atoms with Crippen LogP contribution in [0.15, 0.2) is 102 Å². The minimum absolute atomic E-state index is 0.194. The molecule has 4 aromatic rings. The third kappa shape index (κ3) is 5.69. The van der Waals surface area contributed by atoms with E-state index in [1.165, 1.54) is 35.2 Å². The molecule has 1 aliphatic heterocycles. The first-order chi connectivity index (χ1) is 19.8. The van der Waals surface area contributed by atoms with E-state index in [-0.39, 0.29) is 12.0 Å². The summed E-state index contributed by atoms with van der Waals surface area (Å²) < 4.78 is 41.7. The van der Waals surface area contributed by atoms with Crippen LogP contribution >= 0.6 is 0 Å². The van der Waals surface area contributed by atoms with Crippen LogP contribution in [0.25, 0.3) is 0 Å². The summed E-state index contributed by atoms with van der Waals surface area (Å²) in [7, 11) is 1.62. The highest BCUT2D eigenvalue weighted by molar-refractivity contribution is 6.20. The number of benzodiazepines with no additional fused rings is 1. The van der Waals surface area contributed by atoms with Crippen LogP contribution in [-0.2, 0) is 9.59 Å². The molecule has 0 fully saturated rings. The van der Waals surface area contributed by atoms with Gasteiger partial charge in [-0.15, -0.1) is 0 Å². The van der Waals surface area contributed by atoms with E-state index in [0.717, 1.165) is 23.3 Å². The highest BCUT2D eigenvalue weighted by Gasteiger charge is 2.37. The van der Waals surface area contributed by atoms with Crippen molar-refractivity contribution in [2.75, 3.05) is 18.6 Å². The molecular formula is C33H27F3N2O3. The number of nitrogens with zero attached hydrogens (tertiary/aromatic N) is 2. The summed E-state index contributed by atoms with van der Waals surface area (Å²) in [6.07, 6.45) is -0.338. The number of ketones is 1. The second-order valence-corrected chi connectivity index (χ2v) is 9.94. The van der Waals surface area contributed by atoms with Gasteiger partial charge in [0.15, 0.2) is 11.6 Å². The zero-order chi connectivity index (χ0) is 29.1. The Labute approximate surface area is 235 Å². The van der Waals surface area contributed by atoms with Gasteiger partial charge in [-0.25, -0.2) is 13.2 Å². The second kappa shape index (κ2) is 11.9. The lowest BCUT2D eigenvalue weighted by Gasteiger charge is -2.27. The SMILES string of the molecule is CN1C(=O)[C@@H](CC(=O)[C@H](c2ccc(F)cc2)[C@@H](CO)c2ccc(F)c(F)c2)N=C(c2ccccc2)c2ccccc21. The molecule has 0 unspecified atom stereocenters. The van der Waals surface area contributed by atoms with E-state index in [4.69, 9.17) is 4.99 Å². The average molecular weight is 557 g/mol. The predicted molar refractivity (Wildman–Crippen MR) is 151 cm³/mol. The van der Waals surface area contributed by atoms with Crippen molar-refractivity contribution in [3.8, 4) is 0 Å². The average Bonchev–Trinajstić information content (AvgIpc) is 3.09. The number of likely N-dealkylation sites (N-methyl/N-ethyl adjacent to an activating group) is 1. The van der Waals surface area contributed by atoms with E-state index < -0.39 is 53.6 Å². The van der Waals surface area contributed by atoms with E-state index in [1.54, 1.807) is 7.05 Å². The number of para-hydroxylation sites is 1. The number of Topliss-reactive ketones (excluding diaryl/α,β-unsaturated/α-hetero) is 1. The van der Waals surface area contributed by atoms with Gasteiger partial charge in [0.05, 0.1) is 23.9 Å². The smallest absolute Gasteiger partial charge is 0.252 e. The number of amides is 1. The fraction of sp³-hybridized carbons (Fsp3) is 0.182. The lowest BCUT2D eigenvalue weighted by atomic mass is 9.77. The van der Waals surface area contributed by atoms with Gasteiger partial charge in [-0.2, -0.15) is 0 Å². The molecule has 0 radical (unpaired) electrons. The first-order valence-electron chi connectivity index (χ1n) is 13.1. The van der Waals surface area contributed by atoms with Crippen LogP contribution < -0.4 is 4.90 Å². The quantitative estimate of drug-likeness (QED) is 0.298. The Balaban J connectivity index is 1.58. The van der Waals surface area contributed by atoms with Crippen LogP contribution in [0.3, 0.4) is 0 Å². The van der Waals surface area contributed by atoms with Gasteiger partial charge in [-0.3, -0.25) is 14.6 Å². The number of benzene rings is 4. The van der Waals surface area contributed by atoms with Gasteiger partial charge < -0.3 is 10.0 Å². The summed E-state index contributed by atoms with van der Waals surface area (Å²) in [4.78, 5) is 34.1. The first kappa shape index (κ1) is 28.0. The molecule has 0 spiro atoms. The minimum atomic E-state index is -1.12. The van der Waals surface area contributed by atoms with Crippen molar-refractivity contribution in [1.82, 2.24) is 0 Å². The number of carbonyl (C=O) groups excluding carboxylic acids is 2. The van der Waals surface area contributed by atoms with Gasteiger partial charge in [0.25, 0.3) is 5.91 Å². The molecule has 0 saturated heterocycles. The molecule has 0 aliphatic carbocycles. The fourth-order valence-corrected chi connectivity index (χ4v) is 5.32. The molecule has 1 amide bonds. The lowest BCUT2D eigenvalue weighted by Crippen LogP contribution is -2.37. The predicted octanol–water partition coefficient (Wildman–Crippen LogP) is 5.81. The molecule has 1 N–H and O–H groups in total. The number of carbonyl (C=O) groups is 2. The Hall–Kier alpha value is -4.56. The normalized spacial score (nSPS) is 16.4. The van der Waals surface area contributed by atoms with E-state index in [1.807, 2.05) is 54.6 Å². The highest BCUT2D eigenvalue weighted by atomic mass is 19.2. The standard InChI is InChI=1S/C33H27F3N2O3/c1-38-29-10-6-5-9-24(29)32(21-7-3-2-4-8-21)37-28(33(38)41)18-30(40)31(20-11-14-23(34)15-12-20)25(19-39)22-13-16-26(35)27(36)17-22/h2-17,25,28,31,39H,18-19H2,1H3/t25-,28+,31+/m0/s1. The number of aliphatic hydroxyl groups excluding tert-OH is 1. The lowest BCUT2D eigenvalue weighted by molar-refractivity contribution is -0.126. The Kier molecular flexibility index (Phi) is 8.12. The van der Waals surface area contributed by atoms with Gasteiger partial charge in [0.2, 0.25) is 0 Å². The third-order valence-electron chi connectivity index (χ3n) is 7.41. The molecule has 0 bridgehead atoms. The van der Waals surface area contributed by atoms with Crippen LogP contribution in [0.5, 0.6) is 0 Å². The Bertz CT molecular complexity index is 1610. The summed E-state index contributed by atoms with van der Waals surface area (Å²) in [6, 6.07) is 23.9. The molecular weight excluding hydrogens is 529 g/mol. The van der Waals surface area contributed by atoms with E-state index in [0.29, 0.717) is 17.0 Å². The monoisotopic (exact) mass is 556 g/mol. The van der Waals surface area contributed by atoms with Crippen molar-refractivity contribution in [3.05, 3.63) is 137 Å². The fourth-order valence-electron chi connectivity index (χ4n) is 5.32. The summed E-state index contributed by atoms with van der Waals surface area (Å²) in [5.41, 5.74) is 3.25. The molecule has 3 atom stereocenters. The van der Waals surface area contributed by atoms with Gasteiger partial charge in [-0.05, 0) is 41.5 Å². The van der Waals surface area contributed by atoms with Crippen molar-refractivity contribution in [2.45, 2.75) is 24.3 Å². The van der Waals surface area contributed by atoms with Gasteiger partial charge in [0.1, 0.15) is 17.6 Å². The summed E-state index contributed by atoms with van der Waals surface area (Å²) in [5.74, 6) is -5.66. The maximum absolute atomic E-state index is 14.2. The molecule has 1 aliphatic rings. The van der Waals surface area contributed by atoms with E-state index in [9.17, 15) is 27.9 Å². The van der Waals surface area contributed by atoms with Crippen molar-refractivity contribution in [1.29, 1.82) is 0 Å². The highest BCUT2D eigenvalue weighted by Crippen LogP contribution is 2.37. The van der Waals surface area contributed by atoms with Crippen molar-refractivity contribution in [3.63, 3.8) is 0 Å². The Morgan fingerprint density at radius 3 is 2.22 bits per heavy atom. The van der Waals surface area contributed by atoms with Crippen molar-refractivity contribution >= 4 is 23.1 Å². The largest absolute Gasteiger partial charge is 0.396 e. The van der Waals surface area contributed by atoms with Crippen LogP contribution in [0, 0.1) is 17.5 Å². The molecule has 41 heavy (non-hydrogen) atoms. The topological polar surface area (TPSA) is 70.0 Å². The van der Waals surface area contributed by atoms with Crippen molar-refractivity contribution < 1.29 is 27.9 Å². The number of anilines is 1. The maximum Gasteiger partial charge on any atom is 0.252 e. The molecule has 8 heteroatoms. The van der Waals surface area contributed by atoms with Crippen LogP contribution in [0.1, 0.15) is 40.5 Å². The number of aliphatic imine (C=N–C) groups is 1. The molecule has 0 saturated carbocycles. The van der Waals surface area contributed by atoms with Gasteiger partial charge in [-0.1, -0.05) is 66.7 Å². The third-order valence-corrected chi connectivity index (χ3v) is 7.41. The van der Waals surface area contributed by atoms with E-state index in [2.05, 4.69) is 0 Å². The van der Waals surface area contributed by atoms with Crippen LogP contribution in [0.4, 0.5) is 18.9 Å². The van der Waals surface area contributed by atoms with Crippen LogP contribution in [-0.4, -0.2) is 42.2 Å². The zero-order valence-corrected chi connectivity index (χ0v) is 22.2. The van der Waals surface area contributed by atoms with Gasteiger partial charge >= 0.3 is 0 Å². The molecule has 208 valence electrons. The molecule has 5 nitrogen and oxygen atoms in total. The number of hydrogen-bond acceptors (Lipinski definition) is 4. The minimum Gasteiger partial charge on any atom is -0.396 e. The van der Waals surface area contributed by atoms with Crippen molar-refractivity contribution in [2.24, 2.45) is 4.99 Å². The second-order valence-electron chi connectivity index (χ2n) is 9.94. The number of fused-ring (bicyclic) bond motifs is 1. The Morgan fingerprint density at radius 1 is 0.878 bits per heavy atom. The summed E-state index contributed by atoms with van der Waals surface area (Å²) in [6.45, 7) is -0.582. The van der Waals surface area contributed by atoms with Crippen LogP contribution in [0.2, 0.25) is 0 Å². The maximum atomic E-state index is 14.2. The summed E-state index contributed by atoms with van der Waals surface area (Å²) in [5, 5.41) is 10.4. The Morgan fingerprint density at radius 2 is 1.54 bits per heavy atom. The molecule has 4 aromatic carbocycles. The number of halogens is 3. The molecule has 0 aromatic heterocycles. The summed E-state index contributed by atoms with van der Waals surface area (Å²) >= 11 is 0. The first-order valence-corrected chi connectivity index (χ1v) is 13.1. The number of aliphatic hydroxyl groups is 1. The number of rotatable bonds is 8. The number of hydrogen-bond donors (Lipinski definition) is 1. The molecule has 5 rings (SSSR count). The van der Waals surface area contributed by atoms with E-state index >= 15 is 0 Å². The van der Waals surface area contributed by atoms with Gasteiger partial charge in [0, 0.05) is 30.5 Å². The molecule has 1 heterocycles. The zero-order valence-electron chi connectivity index (χ0n) is 22.2.